The Hall–Kier alpha value is -1.86. The second-order valence-corrected chi connectivity index (χ2v) is 6.36. The van der Waals surface area contributed by atoms with E-state index in [9.17, 15) is 17.9 Å². The van der Waals surface area contributed by atoms with Gasteiger partial charge in [-0.2, -0.15) is 0 Å². The smallest absolute Gasteiger partial charge is 0.263 e. The van der Waals surface area contributed by atoms with Crippen LogP contribution >= 0.6 is 0 Å². The number of aromatic nitrogens is 1. The minimum Gasteiger partial charge on any atom is -0.390 e. The van der Waals surface area contributed by atoms with E-state index in [1.807, 2.05) is 6.92 Å². The van der Waals surface area contributed by atoms with E-state index >= 15 is 0 Å². The van der Waals surface area contributed by atoms with Crippen molar-refractivity contribution in [2.24, 2.45) is 0 Å². The van der Waals surface area contributed by atoms with Gasteiger partial charge in [0.1, 0.15) is 10.7 Å². The molecule has 0 atom stereocenters. The molecule has 0 bridgehead atoms. The highest BCUT2D eigenvalue weighted by Gasteiger charge is 2.19. The van der Waals surface area contributed by atoms with Crippen LogP contribution in [0, 0.1) is 12.7 Å². The van der Waals surface area contributed by atoms with Crippen LogP contribution in [0.5, 0.6) is 0 Å². The molecular formula is C14H17FN2O3S. The Morgan fingerprint density at radius 1 is 1.33 bits per heavy atom. The van der Waals surface area contributed by atoms with E-state index < -0.39 is 15.8 Å². The Kier molecular flexibility index (Phi) is 4.34. The number of aliphatic hydroxyl groups is 1. The molecule has 114 valence electrons. The Morgan fingerprint density at radius 2 is 2.05 bits per heavy atom. The van der Waals surface area contributed by atoms with E-state index in [0.29, 0.717) is 17.8 Å². The van der Waals surface area contributed by atoms with Gasteiger partial charge in [0.25, 0.3) is 10.0 Å². The van der Waals surface area contributed by atoms with Gasteiger partial charge in [0.2, 0.25) is 0 Å². The van der Waals surface area contributed by atoms with Gasteiger partial charge in [-0.1, -0.05) is 6.07 Å². The molecule has 2 rings (SSSR count). The summed E-state index contributed by atoms with van der Waals surface area (Å²) in [5.74, 6) is -0.513. The lowest BCUT2D eigenvalue weighted by molar-refractivity contribution is 0.271. The zero-order chi connectivity index (χ0) is 15.6. The number of anilines is 1. The summed E-state index contributed by atoms with van der Waals surface area (Å²) >= 11 is 0. The van der Waals surface area contributed by atoms with Crippen molar-refractivity contribution in [1.82, 2.24) is 4.57 Å². The highest BCUT2D eigenvalue weighted by atomic mass is 32.2. The van der Waals surface area contributed by atoms with Gasteiger partial charge >= 0.3 is 0 Å². The average molecular weight is 312 g/mol. The summed E-state index contributed by atoms with van der Waals surface area (Å²) in [5, 5.41) is 9.21. The summed E-state index contributed by atoms with van der Waals surface area (Å²) in [4.78, 5) is 0.0389. The predicted molar refractivity (Wildman–Crippen MR) is 78.0 cm³/mol. The molecule has 0 spiro atoms. The lowest BCUT2D eigenvalue weighted by Gasteiger charge is -2.09. The normalized spacial score (nSPS) is 11.6. The van der Waals surface area contributed by atoms with Crippen LogP contribution in [-0.2, 0) is 23.2 Å². The monoisotopic (exact) mass is 312 g/mol. The van der Waals surface area contributed by atoms with E-state index in [4.69, 9.17) is 0 Å². The van der Waals surface area contributed by atoms with Crippen LogP contribution in [-0.4, -0.2) is 18.1 Å². The molecule has 2 N–H and O–H groups in total. The third kappa shape index (κ3) is 3.25. The molecule has 0 aliphatic carbocycles. The maximum atomic E-state index is 13.2. The fraction of sp³-hybridized carbons (Fsp3) is 0.286. The van der Waals surface area contributed by atoms with Crippen LogP contribution in [0.15, 0.2) is 35.4 Å². The highest BCUT2D eigenvalue weighted by molar-refractivity contribution is 7.92. The highest BCUT2D eigenvalue weighted by Crippen LogP contribution is 2.22. The summed E-state index contributed by atoms with van der Waals surface area (Å²) in [7, 11) is -3.82. The fourth-order valence-corrected chi connectivity index (χ4v) is 3.19. The summed E-state index contributed by atoms with van der Waals surface area (Å²) in [6.45, 7) is 3.83. The quantitative estimate of drug-likeness (QED) is 0.889. The number of aryl methyl sites for hydroxylation is 2. The zero-order valence-corrected chi connectivity index (χ0v) is 12.6. The largest absolute Gasteiger partial charge is 0.390 e. The van der Waals surface area contributed by atoms with Gasteiger partial charge in [0, 0.05) is 18.4 Å². The SMILES string of the molecule is CCn1cc(S(=O)(=O)Nc2cc(F)ccc2C)cc1CO. The van der Waals surface area contributed by atoms with Gasteiger partial charge in [0.05, 0.1) is 12.3 Å². The molecule has 1 aromatic carbocycles. The van der Waals surface area contributed by atoms with Crippen molar-refractivity contribution in [2.75, 3.05) is 4.72 Å². The zero-order valence-electron chi connectivity index (χ0n) is 11.8. The summed E-state index contributed by atoms with van der Waals surface area (Å²) in [6, 6.07) is 5.31. The Balaban J connectivity index is 2.38. The molecular weight excluding hydrogens is 295 g/mol. The van der Waals surface area contributed by atoms with E-state index in [-0.39, 0.29) is 17.2 Å². The molecule has 2 aromatic rings. The number of hydrogen-bond acceptors (Lipinski definition) is 3. The molecule has 5 nitrogen and oxygen atoms in total. The van der Waals surface area contributed by atoms with Crippen LogP contribution in [0.4, 0.5) is 10.1 Å². The molecule has 0 fully saturated rings. The van der Waals surface area contributed by atoms with E-state index in [0.717, 1.165) is 6.07 Å². The van der Waals surface area contributed by atoms with Crippen molar-refractivity contribution in [3.05, 3.63) is 47.5 Å². The van der Waals surface area contributed by atoms with Crippen molar-refractivity contribution >= 4 is 15.7 Å². The molecule has 7 heteroatoms. The standard InChI is InChI=1S/C14H17FN2O3S/c1-3-17-8-13(7-12(17)9-18)21(19,20)16-14-6-11(15)5-4-10(14)2/h4-8,16,18H,3,9H2,1-2H3. The molecule has 0 aliphatic heterocycles. The van der Waals surface area contributed by atoms with Gasteiger partial charge < -0.3 is 9.67 Å². The Bertz CT molecular complexity index is 732. The number of nitrogens with zero attached hydrogens (tertiary/aromatic N) is 1. The first-order valence-electron chi connectivity index (χ1n) is 6.46. The first-order chi connectivity index (χ1) is 9.87. The number of benzene rings is 1. The number of hydrogen-bond donors (Lipinski definition) is 2. The summed E-state index contributed by atoms with van der Waals surface area (Å²) < 4.78 is 41.9. The predicted octanol–water partition coefficient (Wildman–Crippen LogP) is 2.25. The van der Waals surface area contributed by atoms with Crippen molar-refractivity contribution in [2.45, 2.75) is 31.9 Å². The first kappa shape index (κ1) is 15.5. The first-order valence-corrected chi connectivity index (χ1v) is 7.94. The third-order valence-corrected chi connectivity index (χ3v) is 4.55. The van der Waals surface area contributed by atoms with Crippen LogP contribution in [0.25, 0.3) is 0 Å². The Labute approximate surface area is 123 Å². The minimum atomic E-state index is -3.82. The van der Waals surface area contributed by atoms with Crippen molar-refractivity contribution in [3.63, 3.8) is 0 Å². The molecule has 0 unspecified atom stereocenters. The van der Waals surface area contributed by atoms with Crippen LogP contribution in [0.2, 0.25) is 0 Å². The lowest BCUT2D eigenvalue weighted by atomic mass is 10.2. The molecule has 0 amide bonds. The summed E-state index contributed by atoms with van der Waals surface area (Å²) in [5.41, 5.74) is 1.33. The van der Waals surface area contributed by atoms with Crippen LogP contribution < -0.4 is 4.72 Å². The second kappa shape index (κ2) is 5.87. The lowest BCUT2D eigenvalue weighted by Crippen LogP contribution is -2.13. The molecule has 1 heterocycles. The van der Waals surface area contributed by atoms with Gasteiger partial charge in [-0.25, -0.2) is 12.8 Å². The van der Waals surface area contributed by atoms with Crippen molar-refractivity contribution in [3.8, 4) is 0 Å². The van der Waals surface area contributed by atoms with Gasteiger partial charge in [-0.15, -0.1) is 0 Å². The van der Waals surface area contributed by atoms with E-state index in [1.165, 1.54) is 24.4 Å². The molecule has 21 heavy (non-hydrogen) atoms. The summed E-state index contributed by atoms with van der Waals surface area (Å²) in [6.07, 6.45) is 1.45. The van der Waals surface area contributed by atoms with Crippen LogP contribution in [0.3, 0.4) is 0 Å². The maximum absolute atomic E-state index is 13.2. The van der Waals surface area contributed by atoms with E-state index in [1.54, 1.807) is 11.5 Å². The fourth-order valence-electron chi connectivity index (χ4n) is 2.01. The third-order valence-electron chi connectivity index (χ3n) is 3.22. The number of halogens is 1. The average Bonchev–Trinajstić information content (AvgIpc) is 2.86. The van der Waals surface area contributed by atoms with Crippen molar-refractivity contribution < 1.29 is 17.9 Å². The minimum absolute atomic E-state index is 0.0389. The topological polar surface area (TPSA) is 71.3 Å². The number of aliphatic hydroxyl groups excluding tert-OH is 1. The second-order valence-electron chi connectivity index (χ2n) is 4.68. The number of sulfonamides is 1. The molecule has 1 aromatic heterocycles. The Morgan fingerprint density at radius 3 is 2.62 bits per heavy atom. The number of nitrogens with one attached hydrogen (secondary N) is 1. The van der Waals surface area contributed by atoms with Gasteiger partial charge in [-0.3, -0.25) is 4.72 Å². The van der Waals surface area contributed by atoms with Gasteiger partial charge in [-0.05, 0) is 37.6 Å². The molecule has 0 saturated heterocycles. The number of rotatable bonds is 5. The van der Waals surface area contributed by atoms with E-state index in [2.05, 4.69) is 4.72 Å². The maximum Gasteiger partial charge on any atom is 0.263 e. The molecule has 0 radical (unpaired) electrons. The molecule has 0 saturated carbocycles. The van der Waals surface area contributed by atoms with Crippen LogP contribution in [0.1, 0.15) is 18.2 Å². The van der Waals surface area contributed by atoms with Crippen molar-refractivity contribution in [1.29, 1.82) is 0 Å². The van der Waals surface area contributed by atoms with Gasteiger partial charge in [0.15, 0.2) is 0 Å². The molecule has 0 aliphatic rings.